The number of rotatable bonds is 10. The van der Waals surface area contributed by atoms with E-state index in [9.17, 15) is 0 Å². The topological polar surface area (TPSA) is 52.6 Å². The van der Waals surface area contributed by atoms with Gasteiger partial charge in [0.1, 0.15) is 12.4 Å². The fourth-order valence-corrected chi connectivity index (χ4v) is 3.08. The molecule has 1 N–H and O–H groups in total. The summed E-state index contributed by atoms with van der Waals surface area (Å²) >= 11 is 0. The number of benzene rings is 2. The molecule has 0 aliphatic rings. The highest BCUT2D eigenvalue weighted by atomic mass is 16.5. The lowest BCUT2D eigenvalue weighted by Gasteiger charge is -2.16. The number of methoxy groups -OCH3 is 2. The Morgan fingerprint density at radius 2 is 1.79 bits per heavy atom. The van der Waals surface area contributed by atoms with Gasteiger partial charge in [-0.05, 0) is 36.2 Å². The second-order valence-electron chi connectivity index (χ2n) is 6.77. The molecule has 0 spiro atoms. The third kappa shape index (κ3) is 5.79. The summed E-state index contributed by atoms with van der Waals surface area (Å²) in [5.41, 5.74) is 4.45. The van der Waals surface area contributed by atoms with Crippen molar-refractivity contribution in [3.63, 3.8) is 0 Å². The van der Waals surface area contributed by atoms with Crippen LogP contribution in [0.4, 0.5) is 0 Å². The molecule has 0 amide bonds. The lowest BCUT2D eigenvalue weighted by molar-refractivity contribution is 0.144. The number of pyridine rings is 1. The van der Waals surface area contributed by atoms with E-state index in [1.54, 1.807) is 14.2 Å². The van der Waals surface area contributed by atoms with Gasteiger partial charge in [-0.15, -0.1) is 0 Å². The van der Waals surface area contributed by atoms with Gasteiger partial charge in [-0.25, -0.2) is 4.98 Å². The molecule has 152 valence electrons. The fourth-order valence-electron chi connectivity index (χ4n) is 3.08. The summed E-state index contributed by atoms with van der Waals surface area (Å²) in [4.78, 5) is 4.40. The zero-order chi connectivity index (χ0) is 20.5. The SMILES string of the molecule is COCCOc1ccc(-c2cc(CNC(C)c3ccccc3)ccc2OC)cn1. The minimum Gasteiger partial charge on any atom is -0.496 e. The van der Waals surface area contributed by atoms with Crippen molar-refractivity contribution in [1.29, 1.82) is 0 Å². The normalized spacial score (nSPS) is 11.8. The second kappa shape index (κ2) is 10.6. The van der Waals surface area contributed by atoms with Gasteiger partial charge in [0.15, 0.2) is 0 Å². The van der Waals surface area contributed by atoms with Gasteiger partial charge in [0.05, 0.1) is 13.7 Å². The Labute approximate surface area is 172 Å². The summed E-state index contributed by atoms with van der Waals surface area (Å²) in [5, 5.41) is 3.58. The van der Waals surface area contributed by atoms with Crippen molar-refractivity contribution in [3.8, 4) is 22.8 Å². The quantitative estimate of drug-likeness (QED) is 0.510. The first kappa shape index (κ1) is 20.8. The number of hydrogen-bond donors (Lipinski definition) is 1. The molecule has 5 nitrogen and oxygen atoms in total. The Balaban J connectivity index is 1.71. The summed E-state index contributed by atoms with van der Waals surface area (Å²) in [5.74, 6) is 1.40. The smallest absolute Gasteiger partial charge is 0.213 e. The van der Waals surface area contributed by atoms with Crippen molar-refractivity contribution < 1.29 is 14.2 Å². The van der Waals surface area contributed by atoms with E-state index in [4.69, 9.17) is 14.2 Å². The van der Waals surface area contributed by atoms with E-state index in [0.29, 0.717) is 19.1 Å². The molecular weight excluding hydrogens is 364 g/mol. The molecule has 3 aromatic rings. The van der Waals surface area contributed by atoms with E-state index in [0.717, 1.165) is 23.4 Å². The molecular formula is C24H28N2O3. The first-order valence-electron chi connectivity index (χ1n) is 9.74. The van der Waals surface area contributed by atoms with Crippen molar-refractivity contribution >= 4 is 0 Å². The minimum atomic E-state index is 0.270. The number of nitrogens with zero attached hydrogens (tertiary/aromatic N) is 1. The van der Waals surface area contributed by atoms with Gasteiger partial charge in [-0.1, -0.05) is 36.4 Å². The monoisotopic (exact) mass is 392 g/mol. The summed E-state index contributed by atoms with van der Waals surface area (Å²) in [6.07, 6.45) is 1.81. The van der Waals surface area contributed by atoms with Gasteiger partial charge in [0.25, 0.3) is 0 Å². The molecule has 0 saturated carbocycles. The van der Waals surface area contributed by atoms with Crippen LogP contribution in [-0.4, -0.2) is 32.4 Å². The first-order valence-corrected chi connectivity index (χ1v) is 9.74. The van der Waals surface area contributed by atoms with Crippen LogP contribution in [0.15, 0.2) is 66.9 Å². The van der Waals surface area contributed by atoms with Gasteiger partial charge in [-0.3, -0.25) is 0 Å². The van der Waals surface area contributed by atoms with E-state index in [1.165, 1.54) is 11.1 Å². The molecule has 0 aliphatic heterocycles. The number of aromatic nitrogens is 1. The highest BCUT2D eigenvalue weighted by Crippen LogP contribution is 2.31. The Morgan fingerprint density at radius 3 is 2.48 bits per heavy atom. The Kier molecular flexibility index (Phi) is 7.61. The second-order valence-corrected chi connectivity index (χ2v) is 6.77. The van der Waals surface area contributed by atoms with E-state index in [2.05, 4.69) is 53.6 Å². The Hall–Kier alpha value is -2.89. The molecule has 1 unspecified atom stereocenters. The van der Waals surface area contributed by atoms with Gasteiger partial charge in [0.2, 0.25) is 5.88 Å². The van der Waals surface area contributed by atoms with Crippen molar-refractivity contribution in [3.05, 3.63) is 78.0 Å². The standard InChI is InChI=1S/C24H28N2O3/c1-18(20-7-5-4-6-8-20)25-16-19-9-11-23(28-3)22(15-19)21-10-12-24(26-17-21)29-14-13-27-2/h4-12,15,17-18,25H,13-14,16H2,1-3H3. The van der Waals surface area contributed by atoms with Crippen molar-refractivity contribution in [2.45, 2.75) is 19.5 Å². The molecule has 5 heteroatoms. The summed E-state index contributed by atoms with van der Waals surface area (Å²) in [6.45, 7) is 3.95. The van der Waals surface area contributed by atoms with E-state index >= 15 is 0 Å². The average Bonchev–Trinajstić information content (AvgIpc) is 2.78. The molecule has 0 fully saturated rings. The predicted octanol–water partition coefficient (Wildman–Crippen LogP) is 4.63. The lowest BCUT2D eigenvalue weighted by atomic mass is 10.0. The van der Waals surface area contributed by atoms with Gasteiger partial charge in [0, 0.05) is 43.1 Å². The zero-order valence-electron chi connectivity index (χ0n) is 17.2. The molecule has 0 aliphatic carbocycles. The molecule has 2 aromatic carbocycles. The van der Waals surface area contributed by atoms with Crippen LogP contribution in [-0.2, 0) is 11.3 Å². The minimum absolute atomic E-state index is 0.270. The van der Waals surface area contributed by atoms with Crippen LogP contribution >= 0.6 is 0 Å². The highest BCUT2D eigenvalue weighted by Gasteiger charge is 2.10. The molecule has 29 heavy (non-hydrogen) atoms. The highest BCUT2D eigenvalue weighted by molar-refractivity contribution is 5.70. The fraction of sp³-hybridized carbons (Fsp3) is 0.292. The number of nitrogens with one attached hydrogen (secondary N) is 1. The maximum atomic E-state index is 5.56. The van der Waals surface area contributed by atoms with Crippen LogP contribution in [0.1, 0.15) is 24.1 Å². The third-order valence-corrected chi connectivity index (χ3v) is 4.76. The van der Waals surface area contributed by atoms with E-state index in [1.807, 2.05) is 30.5 Å². The van der Waals surface area contributed by atoms with Gasteiger partial charge < -0.3 is 19.5 Å². The molecule has 0 bridgehead atoms. The molecule has 0 saturated heterocycles. The van der Waals surface area contributed by atoms with Crippen molar-refractivity contribution in [2.24, 2.45) is 0 Å². The summed E-state index contributed by atoms with van der Waals surface area (Å²) < 4.78 is 16.1. The van der Waals surface area contributed by atoms with Crippen LogP contribution in [0, 0.1) is 0 Å². The maximum Gasteiger partial charge on any atom is 0.213 e. The molecule has 0 radical (unpaired) electrons. The number of ether oxygens (including phenoxy) is 3. The van der Waals surface area contributed by atoms with Gasteiger partial charge in [-0.2, -0.15) is 0 Å². The largest absolute Gasteiger partial charge is 0.496 e. The molecule has 3 rings (SSSR count). The Morgan fingerprint density at radius 1 is 0.966 bits per heavy atom. The molecule has 1 aromatic heterocycles. The zero-order valence-corrected chi connectivity index (χ0v) is 17.2. The van der Waals surface area contributed by atoms with Crippen molar-refractivity contribution in [2.75, 3.05) is 27.4 Å². The van der Waals surface area contributed by atoms with Crippen molar-refractivity contribution in [1.82, 2.24) is 10.3 Å². The predicted molar refractivity (Wildman–Crippen MR) is 115 cm³/mol. The van der Waals surface area contributed by atoms with Crippen LogP contribution in [0.3, 0.4) is 0 Å². The number of hydrogen-bond acceptors (Lipinski definition) is 5. The van der Waals surface area contributed by atoms with E-state index in [-0.39, 0.29) is 6.04 Å². The third-order valence-electron chi connectivity index (χ3n) is 4.76. The lowest BCUT2D eigenvalue weighted by Crippen LogP contribution is -2.18. The summed E-state index contributed by atoms with van der Waals surface area (Å²) in [6, 6.07) is 20.8. The first-order chi connectivity index (χ1) is 14.2. The van der Waals surface area contributed by atoms with Crippen LogP contribution in [0.2, 0.25) is 0 Å². The maximum absolute atomic E-state index is 5.56. The van der Waals surface area contributed by atoms with Crippen LogP contribution in [0.5, 0.6) is 11.6 Å². The van der Waals surface area contributed by atoms with Crippen LogP contribution in [0.25, 0.3) is 11.1 Å². The summed E-state index contributed by atoms with van der Waals surface area (Å²) in [7, 11) is 3.33. The van der Waals surface area contributed by atoms with Crippen LogP contribution < -0.4 is 14.8 Å². The Bertz CT molecular complexity index is 882. The van der Waals surface area contributed by atoms with Gasteiger partial charge >= 0.3 is 0 Å². The average molecular weight is 392 g/mol. The van der Waals surface area contributed by atoms with E-state index < -0.39 is 0 Å². The molecule has 1 atom stereocenters. The molecule has 1 heterocycles.